The molecule has 2 aromatic rings. The second-order valence-corrected chi connectivity index (χ2v) is 8.18. The molecule has 3 fully saturated rings. The first kappa shape index (κ1) is 21.0. The van der Waals surface area contributed by atoms with Gasteiger partial charge in [-0.2, -0.15) is 13.2 Å². The van der Waals surface area contributed by atoms with E-state index >= 15 is 8.78 Å². The molecule has 3 saturated carbocycles. The van der Waals surface area contributed by atoms with Crippen LogP contribution in [0.4, 0.5) is 30.7 Å². The van der Waals surface area contributed by atoms with Gasteiger partial charge in [0.1, 0.15) is 18.0 Å². The van der Waals surface area contributed by atoms with Crippen LogP contribution >= 0.6 is 0 Å². The summed E-state index contributed by atoms with van der Waals surface area (Å²) in [5.74, 6) is -6.68. The average molecular weight is 440 g/mol. The third-order valence-electron chi connectivity index (χ3n) is 6.31. The molecule has 0 amide bonds. The molecular formula is C17H15F7N4O2. The summed E-state index contributed by atoms with van der Waals surface area (Å²) in [6, 6.07) is 1.64. The molecule has 2 unspecified atom stereocenters. The number of aliphatic hydroxyl groups is 2. The lowest BCUT2D eigenvalue weighted by atomic mass is 9.30. The molecule has 0 aliphatic heterocycles. The molecule has 3 aliphatic rings. The maximum absolute atomic E-state index is 15.7. The van der Waals surface area contributed by atoms with Gasteiger partial charge in [-0.25, -0.2) is 22.2 Å². The second kappa shape index (κ2) is 6.13. The highest BCUT2D eigenvalue weighted by Gasteiger charge is 2.85. The zero-order valence-corrected chi connectivity index (χ0v) is 15.0. The number of nitrogens with zero attached hydrogens (tertiary/aromatic N) is 4. The fourth-order valence-electron chi connectivity index (χ4n) is 4.94. The largest absolute Gasteiger partial charge is 0.414 e. The van der Waals surface area contributed by atoms with Gasteiger partial charge in [0.15, 0.2) is 11.7 Å². The third kappa shape index (κ3) is 2.67. The van der Waals surface area contributed by atoms with Crippen LogP contribution in [0.15, 0.2) is 24.5 Å². The van der Waals surface area contributed by atoms with Crippen molar-refractivity contribution in [3.63, 3.8) is 0 Å². The van der Waals surface area contributed by atoms with Crippen molar-refractivity contribution in [2.24, 2.45) is 10.8 Å². The van der Waals surface area contributed by atoms with E-state index in [1.807, 2.05) is 0 Å². The number of halogens is 7. The van der Waals surface area contributed by atoms with Crippen molar-refractivity contribution in [3.8, 4) is 0 Å². The van der Waals surface area contributed by atoms with Gasteiger partial charge in [-0.3, -0.25) is 0 Å². The lowest BCUT2D eigenvalue weighted by molar-refractivity contribution is -0.407. The van der Waals surface area contributed by atoms with E-state index < -0.39 is 77.6 Å². The molecular weight excluding hydrogens is 425 g/mol. The minimum Gasteiger partial charge on any atom is -0.383 e. The minimum atomic E-state index is -4.98. The maximum atomic E-state index is 15.7. The second-order valence-electron chi connectivity index (χ2n) is 8.18. The van der Waals surface area contributed by atoms with Crippen molar-refractivity contribution in [3.05, 3.63) is 41.7 Å². The fraction of sp³-hybridized carbons (Fsp3) is 0.588. The van der Waals surface area contributed by atoms with E-state index in [2.05, 4.69) is 15.5 Å². The first-order chi connectivity index (χ1) is 13.8. The molecule has 2 N–H and O–H groups in total. The fourth-order valence-corrected chi connectivity index (χ4v) is 4.94. The van der Waals surface area contributed by atoms with E-state index in [1.165, 1.54) is 0 Å². The first-order valence-corrected chi connectivity index (χ1v) is 8.78. The Kier molecular flexibility index (Phi) is 4.28. The molecule has 1 heterocycles. The highest BCUT2D eigenvalue weighted by atomic mass is 19.4. The SMILES string of the molecule is OC(C(F)(F)F)C12CC(C(F)(F)C(O)(Cn3cnnn3)c3ccc(F)cc3F)(C1)C2. The van der Waals surface area contributed by atoms with Crippen molar-refractivity contribution < 1.29 is 40.9 Å². The molecule has 0 radical (unpaired) electrons. The number of rotatable bonds is 6. The van der Waals surface area contributed by atoms with Crippen LogP contribution in [-0.2, 0) is 12.1 Å². The smallest absolute Gasteiger partial charge is 0.383 e. The van der Waals surface area contributed by atoms with Crippen molar-refractivity contribution in [2.45, 2.75) is 49.6 Å². The van der Waals surface area contributed by atoms with Crippen molar-refractivity contribution in [1.82, 2.24) is 20.2 Å². The van der Waals surface area contributed by atoms with E-state index in [1.54, 1.807) is 0 Å². The first-order valence-electron chi connectivity index (χ1n) is 8.78. The predicted octanol–water partition coefficient (Wildman–Crippen LogP) is 2.57. The molecule has 1 aromatic carbocycles. The molecule has 2 bridgehead atoms. The van der Waals surface area contributed by atoms with Crippen LogP contribution in [0.3, 0.4) is 0 Å². The summed E-state index contributed by atoms with van der Waals surface area (Å²) in [6.07, 6.45) is -9.01. The minimum absolute atomic E-state index is 0.312. The summed E-state index contributed by atoms with van der Waals surface area (Å²) in [6.45, 7) is -1.04. The Labute approximate surface area is 164 Å². The third-order valence-corrected chi connectivity index (χ3v) is 6.31. The molecule has 164 valence electrons. The van der Waals surface area contributed by atoms with Crippen molar-refractivity contribution >= 4 is 0 Å². The Balaban J connectivity index is 1.71. The number of aromatic nitrogens is 4. The lowest BCUT2D eigenvalue weighted by Crippen LogP contribution is -2.78. The Bertz CT molecular complexity index is 946. The summed E-state index contributed by atoms with van der Waals surface area (Å²) in [5, 5.41) is 30.4. The van der Waals surface area contributed by atoms with Crippen LogP contribution in [-0.4, -0.2) is 48.6 Å². The van der Waals surface area contributed by atoms with E-state index in [0.717, 1.165) is 6.33 Å². The summed E-state index contributed by atoms with van der Waals surface area (Å²) < 4.78 is 98.3. The zero-order valence-electron chi connectivity index (χ0n) is 15.0. The number of hydrogen-bond acceptors (Lipinski definition) is 5. The quantitative estimate of drug-likeness (QED) is 0.675. The molecule has 3 aliphatic carbocycles. The van der Waals surface area contributed by atoms with Crippen LogP contribution in [0.25, 0.3) is 0 Å². The van der Waals surface area contributed by atoms with Crippen molar-refractivity contribution in [1.29, 1.82) is 0 Å². The van der Waals surface area contributed by atoms with Crippen LogP contribution in [0.1, 0.15) is 24.8 Å². The summed E-state index contributed by atoms with van der Waals surface area (Å²) in [5.41, 5.74) is -8.10. The van der Waals surface area contributed by atoms with Gasteiger partial charge in [0.05, 0.1) is 6.54 Å². The standard InChI is InChI=1S/C17H15F7N4O2/c18-9-1-2-10(11(19)3-9)15(30,7-28-8-25-26-27-28)17(23,24)14-4-13(5-14,6-14)12(29)16(20,21)22/h1-3,8,12,29-30H,4-7H2. The summed E-state index contributed by atoms with van der Waals surface area (Å²) in [7, 11) is 0. The molecule has 5 rings (SSSR count). The van der Waals surface area contributed by atoms with Gasteiger partial charge in [-0.1, -0.05) is 0 Å². The highest BCUT2D eigenvalue weighted by Crippen LogP contribution is 2.82. The molecule has 0 spiro atoms. The van der Waals surface area contributed by atoms with Gasteiger partial charge in [-0.15, -0.1) is 5.10 Å². The van der Waals surface area contributed by atoms with Gasteiger partial charge >= 0.3 is 6.18 Å². The van der Waals surface area contributed by atoms with Gasteiger partial charge < -0.3 is 10.2 Å². The monoisotopic (exact) mass is 440 g/mol. The van der Waals surface area contributed by atoms with Gasteiger partial charge in [0.25, 0.3) is 5.92 Å². The van der Waals surface area contributed by atoms with E-state index in [9.17, 15) is 32.2 Å². The average Bonchev–Trinajstić information content (AvgIpc) is 3.03. The number of alkyl halides is 5. The van der Waals surface area contributed by atoms with Gasteiger partial charge in [0, 0.05) is 22.5 Å². The predicted molar refractivity (Wildman–Crippen MR) is 83.8 cm³/mol. The number of benzene rings is 1. The molecule has 1 aromatic heterocycles. The molecule has 2 atom stereocenters. The molecule has 13 heteroatoms. The van der Waals surface area contributed by atoms with Crippen LogP contribution in [0.2, 0.25) is 0 Å². The Morgan fingerprint density at radius 2 is 1.73 bits per heavy atom. The Morgan fingerprint density at radius 1 is 1.10 bits per heavy atom. The highest BCUT2D eigenvalue weighted by molar-refractivity contribution is 5.34. The molecule has 0 saturated heterocycles. The Morgan fingerprint density at radius 3 is 2.23 bits per heavy atom. The number of hydrogen-bond donors (Lipinski definition) is 2. The normalized spacial score (nSPS) is 29.0. The van der Waals surface area contributed by atoms with Crippen LogP contribution in [0, 0.1) is 22.5 Å². The number of tetrazole rings is 1. The lowest BCUT2D eigenvalue weighted by Gasteiger charge is -2.75. The molecule has 30 heavy (non-hydrogen) atoms. The van der Waals surface area contributed by atoms with Crippen molar-refractivity contribution in [2.75, 3.05) is 0 Å². The molecule has 6 nitrogen and oxygen atoms in total. The zero-order chi connectivity index (χ0) is 22.2. The maximum Gasteiger partial charge on any atom is 0.414 e. The van der Waals surface area contributed by atoms with E-state index in [0.29, 0.717) is 22.9 Å². The van der Waals surface area contributed by atoms with Crippen LogP contribution in [0.5, 0.6) is 0 Å². The Hall–Kier alpha value is -2.28. The summed E-state index contributed by atoms with van der Waals surface area (Å²) >= 11 is 0. The topological polar surface area (TPSA) is 84.1 Å². The van der Waals surface area contributed by atoms with Gasteiger partial charge in [0.2, 0.25) is 0 Å². The number of aliphatic hydroxyl groups excluding tert-OH is 1. The summed E-state index contributed by atoms with van der Waals surface area (Å²) in [4.78, 5) is 0. The van der Waals surface area contributed by atoms with E-state index in [4.69, 9.17) is 0 Å². The van der Waals surface area contributed by atoms with Gasteiger partial charge in [-0.05, 0) is 41.8 Å². The van der Waals surface area contributed by atoms with Crippen LogP contribution < -0.4 is 0 Å². The van der Waals surface area contributed by atoms with E-state index in [-0.39, 0.29) is 0 Å².